The van der Waals surface area contributed by atoms with Gasteiger partial charge in [0.2, 0.25) is 11.8 Å². The van der Waals surface area contributed by atoms with Gasteiger partial charge in [0, 0.05) is 38.1 Å². The van der Waals surface area contributed by atoms with Gasteiger partial charge in [0.1, 0.15) is 5.75 Å². The van der Waals surface area contributed by atoms with Gasteiger partial charge in [0.15, 0.2) is 0 Å². The molecule has 0 spiro atoms. The molecule has 3 rings (SSSR count). The molecule has 148 valence electrons. The van der Waals surface area contributed by atoms with Gasteiger partial charge in [-0.15, -0.1) is 0 Å². The number of rotatable bonds is 8. The predicted molar refractivity (Wildman–Crippen MR) is 103 cm³/mol. The predicted octanol–water partition coefficient (Wildman–Crippen LogP) is 2.16. The van der Waals surface area contributed by atoms with E-state index in [1.54, 1.807) is 14.2 Å². The third kappa shape index (κ3) is 4.43. The molecule has 1 saturated heterocycles. The summed E-state index contributed by atoms with van der Waals surface area (Å²) >= 11 is 0. The standard InChI is InChI=1S/C21H30N2O4/c1-26-12-11-23-18-7-4-9-21(18,10-8-20(23)25)15-22-19(24)14-16-5-3-6-17(13-16)27-2/h3,5-6,13,18H,4,7-12,14-15H2,1-2H3,(H,22,24). The molecule has 27 heavy (non-hydrogen) atoms. The number of fused-ring (bicyclic) bond motifs is 1. The molecule has 1 saturated carbocycles. The van der Waals surface area contributed by atoms with E-state index in [0.29, 0.717) is 32.5 Å². The topological polar surface area (TPSA) is 67.9 Å². The largest absolute Gasteiger partial charge is 0.497 e. The number of likely N-dealkylation sites (tertiary alicyclic amines) is 1. The summed E-state index contributed by atoms with van der Waals surface area (Å²) in [6.45, 7) is 1.83. The van der Waals surface area contributed by atoms with Crippen molar-refractivity contribution in [3.63, 3.8) is 0 Å². The lowest BCUT2D eigenvalue weighted by atomic mass is 9.74. The average Bonchev–Trinajstić information content (AvgIpc) is 3.10. The Morgan fingerprint density at radius 3 is 2.96 bits per heavy atom. The quantitative estimate of drug-likeness (QED) is 0.757. The minimum Gasteiger partial charge on any atom is -0.497 e. The highest BCUT2D eigenvalue weighted by molar-refractivity contribution is 5.79. The van der Waals surface area contributed by atoms with Gasteiger partial charge in [-0.05, 0) is 37.0 Å². The number of methoxy groups -OCH3 is 2. The molecule has 1 aliphatic heterocycles. The van der Waals surface area contributed by atoms with Crippen molar-refractivity contribution in [2.45, 2.75) is 44.6 Å². The molecule has 0 bridgehead atoms. The molecule has 1 heterocycles. The number of piperidine rings is 1. The van der Waals surface area contributed by atoms with Gasteiger partial charge in [-0.3, -0.25) is 9.59 Å². The molecule has 1 N–H and O–H groups in total. The van der Waals surface area contributed by atoms with E-state index in [1.165, 1.54) is 0 Å². The minimum absolute atomic E-state index is 0.00564. The molecule has 2 amide bonds. The lowest BCUT2D eigenvalue weighted by molar-refractivity contribution is -0.142. The summed E-state index contributed by atoms with van der Waals surface area (Å²) in [6, 6.07) is 7.81. The summed E-state index contributed by atoms with van der Waals surface area (Å²) in [5.41, 5.74) is 0.943. The van der Waals surface area contributed by atoms with Crippen LogP contribution in [0.1, 0.15) is 37.7 Å². The first kappa shape index (κ1) is 19.7. The van der Waals surface area contributed by atoms with Crippen LogP contribution in [0, 0.1) is 5.41 Å². The zero-order valence-electron chi connectivity index (χ0n) is 16.3. The van der Waals surface area contributed by atoms with Gasteiger partial charge in [-0.25, -0.2) is 0 Å². The zero-order chi connectivity index (χ0) is 19.3. The van der Waals surface area contributed by atoms with Crippen LogP contribution in [-0.2, 0) is 20.7 Å². The summed E-state index contributed by atoms with van der Waals surface area (Å²) in [4.78, 5) is 26.9. The van der Waals surface area contributed by atoms with E-state index in [4.69, 9.17) is 9.47 Å². The number of hydrogen-bond donors (Lipinski definition) is 1. The van der Waals surface area contributed by atoms with Crippen molar-refractivity contribution >= 4 is 11.8 Å². The Morgan fingerprint density at radius 2 is 2.19 bits per heavy atom. The van der Waals surface area contributed by atoms with Crippen LogP contribution in [0.25, 0.3) is 0 Å². The van der Waals surface area contributed by atoms with Crippen LogP contribution in [0.3, 0.4) is 0 Å². The van der Waals surface area contributed by atoms with Crippen molar-refractivity contribution in [1.82, 2.24) is 10.2 Å². The molecule has 6 nitrogen and oxygen atoms in total. The highest BCUT2D eigenvalue weighted by atomic mass is 16.5. The fourth-order valence-electron chi connectivity index (χ4n) is 4.64. The Kier molecular flexibility index (Phi) is 6.37. The molecule has 6 heteroatoms. The third-order valence-electron chi connectivity index (χ3n) is 6.07. The smallest absolute Gasteiger partial charge is 0.224 e. The van der Waals surface area contributed by atoms with E-state index in [-0.39, 0.29) is 23.3 Å². The van der Waals surface area contributed by atoms with Gasteiger partial charge >= 0.3 is 0 Å². The second kappa shape index (κ2) is 8.74. The molecule has 2 atom stereocenters. The summed E-state index contributed by atoms with van der Waals surface area (Å²) in [5, 5.41) is 3.14. The lowest BCUT2D eigenvalue weighted by Crippen LogP contribution is -2.56. The molecule has 2 aliphatic rings. The third-order valence-corrected chi connectivity index (χ3v) is 6.07. The maximum absolute atomic E-state index is 12.5. The summed E-state index contributed by atoms with van der Waals surface area (Å²) in [5.74, 6) is 0.996. The molecule has 0 radical (unpaired) electrons. The number of ether oxygens (including phenoxy) is 2. The molecular formula is C21H30N2O4. The van der Waals surface area contributed by atoms with E-state index < -0.39 is 0 Å². The van der Waals surface area contributed by atoms with Crippen molar-refractivity contribution in [3.05, 3.63) is 29.8 Å². The molecule has 1 aromatic rings. The maximum atomic E-state index is 12.5. The second-order valence-corrected chi connectivity index (χ2v) is 7.66. The summed E-state index contributed by atoms with van der Waals surface area (Å²) < 4.78 is 10.4. The molecule has 2 unspecified atom stereocenters. The SMILES string of the molecule is COCCN1C(=O)CCC2(CNC(=O)Cc3cccc(OC)c3)CCCC12. The van der Waals surface area contributed by atoms with Crippen LogP contribution in [0.4, 0.5) is 0 Å². The van der Waals surface area contributed by atoms with Crippen LogP contribution in [0.5, 0.6) is 5.75 Å². The highest BCUT2D eigenvalue weighted by Crippen LogP contribution is 2.47. The Labute approximate surface area is 161 Å². The monoisotopic (exact) mass is 374 g/mol. The number of carbonyl (C=O) groups is 2. The fourth-order valence-corrected chi connectivity index (χ4v) is 4.64. The number of hydrogen-bond acceptors (Lipinski definition) is 4. The van der Waals surface area contributed by atoms with Crippen molar-refractivity contribution in [2.24, 2.45) is 5.41 Å². The summed E-state index contributed by atoms with van der Waals surface area (Å²) in [6.07, 6.45) is 4.94. The van der Waals surface area contributed by atoms with Gasteiger partial charge < -0.3 is 19.7 Å². The van der Waals surface area contributed by atoms with Crippen molar-refractivity contribution in [1.29, 1.82) is 0 Å². The molecular weight excluding hydrogens is 344 g/mol. The number of carbonyl (C=O) groups excluding carboxylic acids is 2. The van der Waals surface area contributed by atoms with Crippen LogP contribution >= 0.6 is 0 Å². The van der Waals surface area contributed by atoms with E-state index in [1.807, 2.05) is 29.2 Å². The molecule has 2 fully saturated rings. The van der Waals surface area contributed by atoms with Crippen molar-refractivity contribution in [3.8, 4) is 5.75 Å². The van der Waals surface area contributed by atoms with E-state index in [0.717, 1.165) is 37.0 Å². The van der Waals surface area contributed by atoms with Crippen LogP contribution in [0.15, 0.2) is 24.3 Å². The number of nitrogens with one attached hydrogen (secondary N) is 1. The summed E-state index contributed by atoms with van der Waals surface area (Å²) in [7, 11) is 3.29. The maximum Gasteiger partial charge on any atom is 0.224 e. The number of benzene rings is 1. The molecule has 1 aromatic carbocycles. The van der Waals surface area contributed by atoms with Crippen molar-refractivity contribution in [2.75, 3.05) is 33.9 Å². The van der Waals surface area contributed by atoms with Gasteiger partial charge in [0.05, 0.1) is 20.1 Å². The Bertz CT molecular complexity index is 678. The van der Waals surface area contributed by atoms with Crippen molar-refractivity contribution < 1.29 is 19.1 Å². The van der Waals surface area contributed by atoms with Gasteiger partial charge in [0.25, 0.3) is 0 Å². The lowest BCUT2D eigenvalue weighted by Gasteiger charge is -2.46. The Morgan fingerprint density at radius 1 is 1.33 bits per heavy atom. The van der Waals surface area contributed by atoms with E-state index in [9.17, 15) is 9.59 Å². The van der Waals surface area contributed by atoms with Crippen LogP contribution in [0.2, 0.25) is 0 Å². The van der Waals surface area contributed by atoms with Gasteiger partial charge in [-0.2, -0.15) is 0 Å². The van der Waals surface area contributed by atoms with Gasteiger partial charge in [-0.1, -0.05) is 18.6 Å². The fraction of sp³-hybridized carbons (Fsp3) is 0.619. The van der Waals surface area contributed by atoms with Crippen LogP contribution < -0.4 is 10.1 Å². The minimum atomic E-state index is 0.00564. The van der Waals surface area contributed by atoms with E-state index >= 15 is 0 Å². The number of amides is 2. The first-order valence-corrected chi connectivity index (χ1v) is 9.76. The number of nitrogens with zero attached hydrogens (tertiary/aromatic N) is 1. The molecule has 1 aliphatic carbocycles. The van der Waals surface area contributed by atoms with Crippen LogP contribution in [-0.4, -0.2) is 56.7 Å². The highest BCUT2D eigenvalue weighted by Gasteiger charge is 2.50. The normalized spacial score (nSPS) is 24.6. The first-order valence-electron chi connectivity index (χ1n) is 9.76. The zero-order valence-corrected chi connectivity index (χ0v) is 16.3. The second-order valence-electron chi connectivity index (χ2n) is 7.66. The Hall–Kier alpha value is -2.08. The first-order chi connectivity index (χ1) is 13.1. The molecule has 0 aromatic heterocycles. The van der Waals surface area contributed by atoms with E-state index in [2.05, 4.69) is 5.32 Å². The Balaban J connectivity index is 1.61. The average molecular weight is 374 g/mol.